The molecule has 0 amide bonds. The van der Waals surface area contributed by atoms with Crippen molar-refractivity contribution in [3.8, 4) is 11.5 Å². The van der Waals surface area contributed by atoms with E-state index in [-0.39, 0.29) is 17.4 Å². The van der Waals surface area contributed by atoms with Gasteiger partial charge in [-0.25, -0.2) is 0 Å². The predicted octanol–water partition coefficient (Wildman–Crippen LogP) is 3.64. The third-order valence-electron chi connectivity index (χ3n) is 2.94. The third kappa shape index (κ3) is 2.59. The lowest BCUT2D eigenvalue weighted by Gasteiger charge is -2.16. The summed E-state index contributed by atoms with van der Waals surface area (Å²) < 4.78 is 0. The van der Waals surface area contributed by atoms with Gasteiger partial charge in [-0.1, -0.05) is 37.3 Å². The highest BCUT2D eigenvalue weighted by atomic mass is 16.3. The van der Waals surface area contributed by atoms with Gasteiger partial charge in [0.1, 0.15) is 11.5 Å². The second-order valence-electron chi connectivity index (χ2n) is 4.15. The highest BCUT2D eigenvalue weighted by Crippen LogP contribution is 2.32. The van der Waals surface area contributed by atoms with Crippen molar-refractivity contribution in [3.05, 3.63) is 59.7 Å². The Labute approximate surface area is 101 Å². The number of phenolic OH excluding ortho intramolecular Hbond substituents is 2. The van der Waals surface area contributed by atoms with Gasteiger partial charge in [0.2, 0.25) is 0 Å². The standard InChI is InChI=1S/C15H16O2/c1-2-15(11-6-4-3-5-7-11)12-8-13(16)10-14(17)9-12/h3-10,15-17H,2H2,1H3. The van der Waals surface area contributed by atoms with Crippen LogP contribution in [-0.2, 0) is 0 Å². The maximum absolute atomic E-state index is 9.53. The topological polar surface area (TPSA) is 40.5 Å². The Bertz CT molecular complexity index is 471. The summed E-state index contributed by atoms with van der Waals surface area (Å²) >= 11 is 0. The Morgan fingerprint density at radius 2 is 1.47 bits per heavy atom. The first-order chi connectivity index (χ1) is 8.20. The van der Waals surface area contributed by atoms with Gasteiger partial charge in [-0.15, -0.1) is 0 Å². The number of aromatic hydroxyl groups is 2. The van der Waals surface area contributed by atoms with Crippen molar-refractivity contribution in [1.29, 1.82) is 0 Å². The van der Waals surface area contributed by atoms with Gasteiger partial charge in [0.15, 0.2) is 0 Å². The average Bonchev–Trinajstić information content (AvgIpc) is 2.30. The maximum Gasteiger partial charge on any atom is 0.119 e. The predicted molar refractivity (Wildman–Crippen MR) is 68.3 cm³/mol. The summed E-state index contributed by atoms with van der Waals surface area (Å²) in [6, 6.07) is 14.9. The molecule has 2 N–H and O–H groups in total. The Morgan fingerprint density at radius 1 is 0.882 bits per heavy atom. The van der Waals surface area contributed by atoms with Gasteiger partial charge in [0, 0.05) is 12.0 Å². The SMILES string of the molecule is CCC(c1ccccc1)c1cc(O)cc(O)c1. The molecule has 2 nitrogen and oxygen atoms in total. The molecule has 0 fully saturated rings. The van der Waals surface area contributed by atoms with Gasteiger partial charge >= 0.3 is 0 Å². The third-order valence-corrected chi connectivity index (χ3v) is 2.94. The minimum atomic E-state index is 0.106. The number of benzene rings is 2. The second-order valence-corrected chi connectivity index (χ2v) is 4.15. The smallest absolute Gasteiger partial charge is 0.119 e. The van der Waals surface area contributed by atoms with E-state index in [9.17, 15) is 10.2 Å². The lowest BCUT2D eigenvalue weighted by molar-refractivity contribution is 0.448. The molecule has 0 spiro atoms. The highest BCUT2D eigenvalue weighted by molar-refractivity contribution is 5.42. The van der Waals surface area contributed by atoms with Gasteiger partial charge < -0.3 is 10.2 Å². The van der Waals surface area contributed by atoms with E-state index in [1.165, 1.54) is 11.6 Å². The van der Waals surface area contributed by atoms with Crippen LogP contribution in [0.15, 0.2) is 48.5 Å². The fourth-order valence-electron chi connectivity index (χ4n) is 2.17. The van der Waals surface area contributed by atoms with Crippen molar-refractivity contribution in [2.24, 2.45) is 0 Å². The zero-order valence-corrected chi connectivity index (χ0v) is 9.80. The molecule has 1 unspecified atom stereocenters. The summed E-state index contributed by atoms with van der Waals surface area (Å²) in [6.07, 6.45) is 0.924. The Balaban J connectivity index is 2.42. The monoisotopic (exact) mass is 228 g/mol. The number of phenols is 2. The number of hydrogen-bond donors (Lipinski definition) is 2. The fraction of sp³-hybridized carbons (Fsp3) is 0.200. The van der Waals surface area contributed by atoms with Crippen LogP contribution in [0.2, 0.25) is 0 Å². The van der Waals surface area contributed by atoms with Crippen LogP contribution in [0.1, 0.15) is 30.4 Å². The molecule has 0 aromatic heterocycles. The van der Waals surface area contributed by atoms with Crippen molar-refractivity contribution >= 4 is 0 Å². The van der Waals surface area contributed by atoms with Crippen LogP contribution >= 0.6 is 0 Å². The lowest BCUT2D eigenvalue weighted by Crippen LogP contribution is -1.99. The van der Waals surface area contributed by atoms with E-state index in [0.717, 1.165) is 12.0 Å². The number of hydrogen-bond acceptors (Lipinski definition) is 2. The summed E-state index contributed by atoms with van der Waals surface area (Å²) in [7, 11) is 0. The van der Waals surface area contributed by atoms with E-state index in [4.69, 9.17) is 0 Å². The summed E-state index contributed by atoms with van der Waals surface area (Å²) in [5.74, 6) is 0.415. The van der Waals surface area contributed by atoms with Crippen LogP contribution in [0.5, 0.6) is 11.5 Å². The Hall–Kier alpha value is -1.96. The molecular weight excluding hydrogens is 212 g/mol. The quantitative estimate of drug-likeness (QED) is 0.842. The Kier molecular flexibility index (Phi) is 3.33. The van der Waals surface area contributed by atoms with Crippen LogP contribution in [0.25, 0.3) is 0 Å². The molecule has 0 saturated carbocycles. The van der Waals surface area contributed by atoms with Crippen molar-refractivity contribution in [2.45, 2.75) is 19.3 Å². The zero-order chi connectivity index (χ0) is 12.3. The van der Waals surface area contributed by atoms with E-state index in [0.29, 0.717) is 0 Å². The summed E-state index contributed by atoms with van der Waals surface area (Å²) in [5.41, 5.74) is 2.14. The summed E-state index contributed by atoms with van der Waals surface area (Å²) in [6.45, 7) is 2.10. The largest absolute Gasteiger partial charge is 0.508 e. The maximum atomic E-state index is 9.53. The molecule has 0 aliphatic rings. The summed E-state index contributed by atoms with van der Waals surface area (Å²) in [4.78, 5) is 0. The van der Waals surface area contributed by atoms with Gasteiger partial charge in [0.25, 0.3) is 0 Å². The van der Waals surface area contributed by atoms with E-state index in [1.54, 1.807) is 12.1 Å². The molecule has 2 rings (SSSR count). The average molecular weight is 228 g/mol. The first-order valence-corrected chi connectivity index (χ1v) is 5.78. The van der Waals surface area contributed by atoms with E-state index >= 15 is 0 Å². The molecule has 2 aromatic rings. The second kappa shape index (κ2) is 4.91. The molecule has 17 heavy (non-hydrogen) atoms. The van der Waals surface area contributed by atoms with E-state index in [2.05, 4.69) is 19.1 Å². The van der Waals surface area contributed by atoms with Gasteiger partial charge in [-0.3, -0.25) is 0 Å². The van der Waals surface area contributed by atoms with Gasteiger partial charge in [-0.2, -0.15) is 0 Å². The van der Waals surface area contributed by atoms with Crippen molar-refractivity contribution in [3.63, 3.8) is 0 Å². The normalized spacial score (nSPS) is 12.3. The minimum Gasteiger partial charge on any atom is -0.508 e. The summed E-state index contributed by atoms with van der Waals surface area (Å²) in [5, 5.41) is 19.1. The minimum absolute atomic E-state index is 0.106. The van der Waals surface area contributed by atoms with Crippen molar-refractivity contribution in [2.75, 3.05) is 0 Å². The van der Waals surface area contributed by atoms with Crippen LogP contribution in [0, 0.1) is 0 Å². The molecule has 0 radical (unpaired) electrons. The molecule has 2 aromatic carbocycles. The first-order valence-electron chi connectivity index (χ1n) is 5.78. The van der Waals surface area contributed by atoms with Crippen LogP contribution in [0.3, 0.4) is 0 Å². The number of rotatable bonds is 3. The van der Waals surface area contributed by atoms with Crippen molar-refractivity contribution in [1.82, 2.24) is 0 Å². The molecule has 0 aliphatic heterocycles. The van der Waals surface area contributed by atoms with Crippen molar-refractivity contribution < 1.29 is 10.2 Å². The lowest BCUT2D eigenvalue weighted by atomic mass is 9.89. The first kappa shape index (κ1) is 11.5. The van der Waals surface area contributed by atoms with Gasteiger partial charge in [0.05, 0.1) is 0 Å². The van der Waals surface area contributed by atoms with Crippen LogP contribution < -0.4 is 0 Å². The molecule has 88 valence electrons. The van der Waals surface area contributed by atoms with E-state index < -0.39 is 0 Å². The Morgan fingerprint density at radius 3 is 2.00 bits per heavy atom. The van der Waals surface area contributed by atoms with E-state index in [1.807, 2.05) is 18.2 Å². The molecule has 0 heterocycles. The molecule has 0 saturated heterocycles. The highest BCUT2D eigenvalue weighted by Gasteiger charge is 2.13. The molecular formula is C15H16O2. The molecule has 1 atom stereocenters. The molecule has 0 aliphatic carbocycles. The van der Waals surface area contributed by atoms with Crippen LogP contribution in [0.4, 0.5) is 0 Å². The fourth-order valence-corrected chi connectivity index (χ4v) is 2.17. The zero-order valence-electron chi connectivity index (χ0n) is 9.80. The van der Waals surface area contributed by atoms with Gasteiger partial charge in [-0.05, 0) is 29.7 Å². The van der Waals surface area contributed by atoms with Crippen LogP contribution in [-0.4, -0.2) is 10.2 Å². The molecule has 0 bridgehead atoms. The molecule has 2 heteroatoms.